The largest absolute Gasteiger partial charge is 0.396 e. The molecule has 0 amide bonds. The summed E-state index contributed by atoms with van der Waals surface area (Å²) in [5.74, 6) is -1.06. The summed E-state index contributed by atoms with van der Waals surface area (Å²) in [5, 5.41) is 17.1. The second kappa shape index (κ2) is 6.00. The highest BCUT2D eigenvalue weighted by Crippen LogP contribution is 2.07. The number of rotatable bonds is 6. The number of carbonyl (C=O) groups is 2. The van der Waals surface area contributed by atoms with Gasteiger partial charge in [-0.2, -0.15) is 0 Å². The molecular weight excluding hydrogens is 148 g/mol. The predicted molar refractivity (Wildman–Crippen MR) is 37.9 cm³/mol. The molecule has 0 fully saturated rings. The quantitative estimate of drug-likeness (QED) is 0.488. The Kier molecular flexibility index (Phi) is 5.60. The molecule has 0 aliphatic carbocycles. The maximum Gasteiger partial charge on any atom is 0.125 e. The van der Waals surface area contributed by atoms with Crippen LogP contribution < -0.4 is 0 Å². The number of hydrogen-bond acceptors (Lipinski definition) is 4. The van der Waals surface area contributed by atoms with Crippen LogP contribution in [0.25, 0.3) is 0 Å². The van der Waals surface area contributed by atoms with Crippen molar-refractivity contribution in [2.75, 3.05) is 13.2 Å². The Morgan fingerprint density at radius 1 is 1.00 bits per heavy atom. The summed E-state index contributed by atoms with van der Waals surface area (Å²) in [6.07, 6.45) is 1.40. The molecule has 0 aromatic rings. The van der Waals surface area contributed by atoms with Crippen LogP contribution in [0.5, 0.6) is 0 Å². The fourth-order valence-electron chi connectivity index (χ4n) is 0.735. The van der Waals surface area contributed by atoms with Crippen LogP contribution in [0, 0.1) is 11.8 Å². The van der Waals surface area contributed by atoms with Crippen LogP contribution in [0.15, 0.2) is 0 Å². The number of aldehydes is 2. The summed E-state index contributed by atoms with van der Waals surface area (Å²) in [5.41, 5.74) is 0. The van der Waals surface area contributed by atoms with E-state index in [-0.39, 0.29) is 19.6 Å². The fraction of sp³-hybridized carbons (Fsp3) is 0.714. The van der Waals surface area contributed by atoms with E-state index in [9.17, 15) is 9.59 Å². The van der Waals surface area contributed by atoms with E-state index >= 15 is 0 Å². The minimum absolute atomic E-state index is 0.222. The Bertz CT molecular complexity index is 110. The van der Waals surface area contributed by atoms with Gasteiger partial charge in [-0.15, -0.1) is 0 Å². The molecule has 0 aromatic heterocycles. The van der Waals surface area contributed by atoms with Gasteiger partial charge in [-0.3, -0.25) is 0 Å². The van der Waals surface area contributed by atoms with Crippen molar-refractivity contribution in [1.82, 2.24) is 0 Å². The monoisotopic (exact) mass is 160 g/mol. The molecule has 2 N–H and O–H groups in total. The molecule has 0 saturated carbocycles. The van der Waals surface area contributed by atoms with E-state index in [0.717, 1.165) is 0 Å². The predicted octanol–water partition coefficient (Wildman–Crippen LogP) is -1.01. The van der Waals surface area contributed by atoms with Crippen LogP contribution in [0.4, 0.5) is 0 Å². The first kappa shape index (κ1) is 10.3. The highest BCUT2D eigenvalue weighted by Gasteiger charge is 2.13. The van der Waals surface area contributed by atoms with E-state index in [1.807, 2.05) is 0 Å². The van der Waals surface area contributed by atoms with Gasteiger partial charge in [-0.1, -0.05) is 0 Å². The molecule has 0 rings (SSSR count). The maximum absolute atomic E-state index is 10.1. The van der Waals surface area contributed by atoms with Crippen LogP contribution in [0.3, 0.4) is 0 Å². The zero-order valence-electron chi connectivity index (χ0n) is 6.14. The van der Waals surface area contributed by atoms with Crippen molar-refractivity contribution in [1.29, 1.82) is 0 Å². The first-order chi connectivity index (χ1) is 5.28. The number of hydrogen-bond donors (Lipinski definition) is 2. The molecule has 0 spiro atoms. The minimum Gasteiger partial charge on any atom is -0.396 e. The van der Waals surface area contributed by atoms with Crippen LogP contribution in [-0.4, -0.2) is 36.0 Å². The molecule has 0 aromatic carbocycles. The lowest BCUT2D eigenvalue weighted by molar-refractivity contribution is -0.115. The van der Waals surface area contributed by atoms with Crippen LogP contribution in [0.2, 0.25) is 0 Å². The van der Waals surface area contributed by atoms with Gasteiger partial charge in [0.05, 0.1) is 13.2 Å². The first-order valence-corrected chi connectivity index (χ1v) is 3.40. The summed E-state index contributed by atoms with van der Waals surface area (Å²) < 4.78 is 0. The molecule has 0 heterocycles. The van der Waals surface area contributed by atoms with Gasteiger partial charge in [0.1, 0.15) is 12.6 Å². The lowest BCUT2D eigenvalue weighted by atomic mass is 9.98. The Balaban J connectivity index is 3.76. The first-order valence-electron chi connectivity index (χ1n) is 3.40. The second-order valence-corrected chi connectivity index (χ2v) is 2.39. The summed E-state index contributed by atoms with van der Waals surface area (Å²) in [6, 6.07) is 0. The third kappa shape index (κ3) is 3.85. The Labute approximate surface area is 64.8 Å². The summed E-state index contributed by atoms with van der Waals surface area (Å²) >= 11 is 0. The van der Waals surface area contributed by atoms with Crippen molar-refractivity contribution >= 4 is 12.6 Å². The van der Waals surface area contributed by atoms with Gasteiger partial charge in [0.2, 0.25) is 0 Å². The topological polar surface area (TPSA) is 74.6 Å². The van der Waals surface area contributed by atoms with E-state index < -0.39 is 11.8 Å². The summed E-state index contributed by atoms with van der Waals surface area (Å²) in [4.78, 5) is 20.3. The van der Waals surface area contributed by atoms with Gasteiger partial charge in [0, 0.05) is 11.8 Å². The van der Waals surface area contributed by atoms with E-state index in [0.29, 0.717) is 12.6 Å². The highest BCUT2D eigenvalue weighted by molar-refractivity contribution is 5.58. The van der Waals surface area contributed by atoms with Crippen LogP contribution in [-0.2, 0) is 9.59 Å². The van der Waals surface area contributed by atoms with Crippen molar-refractivity contribution < 1.29 is 19.8 Å². The average Bonchev–Trinajstić information content (AvgIpc) is 2.07. The SMILES string of the molecule is O=C[C@H](CO)C[C@@H](C=O)CO. The van der Waals surface area contributed by atoms with Crippen molar-refractivity contribution in [2.45, 2.75) is 6.42 Å². The average molecular weight is 160 g/mol. The van der Waals surface area contributed by atoms with E-state index in [1.165, 1.54) is 0 Å². The van der Waals surface area contributed by atoms with Gasteiger partial charge >= 0.3 is 0 Å². The molecule has 0 aliphatic rings. The number of carbonyl (C=O) groups excluding carboxylic acids is 2. The third-order valence-corrected chi connectivity index (χ3v) is 1.46. The molecule has 64 valence electrons. The normalized spacial score (nSPS) is 15.5. The van der Waals surface area contributed by atoms with Gasteiger partial charge < -0.3 is 19.8 Å². The van der Waals surface area contributed by atoms with Gasteiger partial charge in [-0.25, -0.2) is 0 Å². The van der Waals surface area contributed by atoms with Gasteiger partial charge in [0.15, 0.2) is 0 Å². The molecule has 0 radical (unpaired) electrons. The number of aliphatic hydroxyl groups is 2. The zero-order chi connectivity index (χ0) is 8.69. The van der Waals surface area contributed by atoms with Crippen molar-refractivity contribution in [2.24, 2.45) is 11.8 Å². The second-order valence-electron chi connectivity index (χ2n) is 2.39. The van der Waals surface area contributed by atoms with Gasteiger partial charge in [-0.05, 0) is 6.42 Å². The Hall–Kier alpha value is -0.740. The molecule has 0 bridgehead atoms. The van der Waals surface area contributed by atoms with E-state index in [1.54, 1.807) is 0 Å². The number of aliphatic hydroxyl groups excluding tert-OH is 2. The lowest BCUT2D eigenvalue weighted by Gasteiger charge is -2.09. The highest BCUT2D eigenvalue weighted by atomic mass is 16.3. The van der Waals surface area contributed by atoms with Crippen LogP contribution >= 0.6 is 0 Å². The summed E-state index contributed by atoms with van der Waals surface area (Å²) in [7, 11) is 0. The summed E-state index contributed by atoms with van der Waals surface area (Å²) in [6.45, 7) is -0.540. The fourth-order valence-corrected chi connectivity index (χ4v) is 0.735. The van der Waals surface area contributed by atoms with Crippen molar-refractivity contribution in [3.05, 3.63) is 0 Å². The molecule has 0 unspecified atom stereocenters. The smallest absolute Gasteiger partial charge is 0.125 e. The molecule has 11 heavy (non-hydrogen) atoms. The Morgan fingerprint density at radius 2 is 1.36 bits per heavy atom. The standard InChI is InChI=1S/C7H12O4/c8-2-6(3-9)1-7(4-10)5-11/h2,4,6-7,9,11H,1,3,5H2/t6-,7+. The van der Waals surface area contributed by atoms with Crippen LogP contribution in [0.1, 0.15) is 6.42 Å². The van der Waals surface area contributed by atoms with E-state index in [4.69, 9.17) is 10.2 Å². The Morgan fingerprint density at radius 3 is 1.55 bits per heavy atom. The van der Waals surface area contributed by atoms with Crippen molar-refractivity contribution in [3.8, 4) is 0 Å². The molecule has 0 aliphatic heterocycles. The zero-order valence-corrected chi connectivity index (χ0v) is 6.14. The lowest BCUT2D eigenvalue weighted by Crippen LogP contribution is -2.17. The molecule has 2 atom stereocenters. The molecule has 4 heteroatoms. The molecule has 4 nitrogen and oxygen atoms in total. The third-order valence-electron chi connectivity index (χ3n) is 1.46. The molecule has 0 saturated heterocycles. The van der Waals surface area contributed by atoms with Gasteiger partial charge in [0.25, 0.3) is 0 Å². The maximum atomic E-state index is 10.1. The molecular formula is C7H12O4. The van der Waals surface area contributed by atoms with Crippen molar-refractivity contribution in [3.63, 3.8) is 0 Å². The van der Waals surface area contributed by atoms with E-state index in [2.05, 4.69) is 0 Å². The minimum atomic E-state index is -0.530.